The van der Waals surface area contributed by atoms with E-state index in [1.54, 1.807) is 0 Å². The first kappa shape index (κ1) is 11.5. The Morgan fingerprint density at radius 3 is 2.93 bits per heavy atom. The molecule has 1 saturated heterocycles. The van der Waals surface area contributed by atoms with Gasteiger partial charge in [-0.25, -0.2) is 0 Å². The Morgan fingerprint density at radius 1 is 1.64 bits per heavy atom. The molecule has 0 spiro atoms. The van der Waals surface area contributed by atoms with Gasteiger partial charge in [-0.15, -0.1) is 0 Å². The lowest BCUT2D eigenvalue weighted by atomic mass is 9.94. The van der Waals surface area contributed by atoms with Gasteiger partial charge in [-0.3, -0.25) is 9.69 Å². The van der Waals surface area contributed by atoms with Crippen LogP contribution in [0.1, 0.15) is 20.3 Å². The van der Waals surface area contributed by atoms with E-state index in [0.29, 0.717) is 19.0 Å². The number of nitrogens with one attached hydrogen (secondary N) is 1. The third-order valence-corrected chi connectivity index (χ3v) is 2.84. The maximum atomic E-state index is 11.3. The first-order valence-electron chi connectivity index (χ1n) is 5.38. The molecule has 2 unspecified atom stereocenters. The number of carbonyl (C=O) groups excluding carboxylic acids is 1. The molecule has 0 radical (unpaired) electrons. The summed E-state index contributed by atoms with van der Waals surface area (Å²) in [6.45, 7) is 7.14. The molecule has 0 aromatic heterocycles. The molecule has 14 heavy (non-hydrogen) atoms. The zero-order chi connectivity index (χ0) is 10.6. The Labute approximate surface area is 85.8 Å². The van der Waals surface area contributed by atoms with Gasteiger partial charge in [0.05, 0.1) is 6.54 Å². The monoisotopic (exact) mass is 199 g/mol. The van der Waals surface area contributed by atoms with Gasteiger partial charge in [-0.1, -0.05) is 6.92 Å². The van der Waals surface area contributed by atoms with Gasteiger partial charge in [0.15, 0.2) is 0 Å². The minimum absolute atomic E-state index is 0.106. The second-order valence-corrected chi connectivity index (χ2v) is 4.12. The molecule has 1 heterocycles. The number of amides is 1. The lowest BCUT2D eigenvalue weighted by Gasteiger charge is -2.34. The largest absolute Gasteiger partial charge is 0.355 e. The van der Waals surface area contributed by atoms with Crippen LogP contribution in [-0.2, 0) is 4.79 Å². The molecule has 4 nitrogen and oxygen atoms in total. The molecule has 1 rings (SSSR count). The number of piperidine rings is 1. The highest BCUT2D eigenvalue weighted by Gasteiger charge is 2.23. The molecule has 0 aliphatic carbocycles. The predicted octanol–water partition coefficient (Wildman–Crippen LogP) is -0.208. The van der Waals surface area contributed by atoms with Crippen molar-refractivity contribution < 1.29 is 4.79 Å². The summed E-state index contributed by atoms with van der Waals surface area (Å²) >= 11 is 0. The van der Waals surface area contributed by atoms with Crippen LogP contribution in [0, 0.1) is 5.92 Å². The van der Waals surface area contributed by atoms with Crippen molar-refractivity contribution in [1.82, 2.24) is 10.2 Å². The number of hydrogen-bond donors (Lipinski definition) is 2. The van der Waals surface area contributed by atoms with E-state index in [9.17, 15) is 4.79 Å². The first-order chi connectivity index (χ1) is 6.63. The minimum atomic E-state index is 0.106. The summed E-state index contributed by atoms with van der Waals surface area (Å²) in [7, 11) is 0. The molecule has 0 aromatic rings. The smallest absolute Gasteiger partial charge is 0.234 e. The fourth-order valence-corrected chi connectivity index (χ4v) is 1.77. The number of hydrogen-bond acceptors (Lipinski definition) is 3. The molecule has 1 amide bonds. The summed E-state index contributed by atoms with van der Waals surface area (Å²) < 4.78 is 0. The van der Waals surface area contributed by atoms with Gasteiger partial charge in [0.2, 0.25) is 5.91 Å². The van der Waals surface area contributed by atoms with Crippen LogP contribution in [0.2, 0.25) is 0 Å². The van der Waals surface area contributed by atoms with Gasteiger partial charge in [0.1, 0.15) is 0 Å². The molecule has 4 heteroatoms. The molecular formula is C10H21N3O. The van der Waals surface area contributed by atoms with Crippen LogP contribution in [0.4, 0.5) is 0 Å². The number of rotatable bonds is 3. The highest BCUT2D eigenvalue weighted by Crippen LogP contribution is 2.14. The molecule has 1 fully saturated rings. The van der Waals surface area contributed by atoms with Crippen LogP contribution in [0.25, 0.3) is 0 Å². The maximum Gasteiger partial charge on any atom is 0.234 e. The van der Waals surface area contributed by atoms with E-state index in [0.717, 1.165) is 19.5 Å². The van der Waals surface area contributed by atoms with Crippen molar-refractivity contribution in [1.29, 1.82) is 0 Å². The molecule has 0 saturated carbocycles. The van der Waals surface area contributed by atoms with Crippen molar-refractivity contribution in [2.24, 2.45) is 11.7 Å². The van der Waals surface area contributed by atoms with Crippen molar-refractivity contribution in [3.05, 3.63) is 0 Å². The first-order valence-corrected chi connectivity index (χ1v) is 5.38. The summed E-state index contributed by atoms with van der Waals surface area (Å²) in [5.74, 6) is 0.690. The van der Waals surface area contributed by atoms with E-state index in [-0.39, 0.29) is 11.9 Å². The van der Waals surface area contributed by atoms with Crippen LogP contribution in [0.3, 0.4) is 0 Å². The van der Waals surface area contributed by atoms with Crippen LogP contribution in [0.5, 0.6) is 0 Å². The lowest BCUT2D eigenvalue weighted by molar-refractivity contribution is -0.122. The molecule has 1 aliphatic heterocycles. The van der Waals surface area contributed by atoms with Crippen molar-refractivity contribution in [3.8, 4) is 0 Å². The molecule has 2 atom stereocenters. The quantitative estimate of drug-likeness (QED) is 0.661. The van der Waals surface area contributed by atoms with Gasteiger partial charge >= 0.3 is 0 Å². The van der Waals surface area contributed by atoms with E-state index in [1.165, 1.54) is 0 Å². The number of carbonyl (C=O) groups is 1. The Balaban J connectivity index is 2.29. The number of likely N-dealkylation sites (tertiary alicyclic amines) is 1. The van der Waals surface area contributed by atoms with Crippen molar-refractivity contribution in [2.75, 3.05) is 26.2 Å². The fourth-order valence-electron chi connectivity index (χ4n) is 1.77. The van der Waals surface area contributed by atoms with Gasteiger partial charge in [-0.2, -0.15) is 0 Å². The third kappa shape index (κ3) is 3.27. The molecular weight excluding hydrogens is 178 g/mol. The van der Waals surface area contributed by atoms with Gasteiger partial charge < -0.3 is 11.1 Å². The summed E-state index contributed by atoms with van der Waals surface area (Å²) in [5, 5.41) is 2.80. The highest BCUT2D eigenvalue weighted by atomic mass is 16.2. The van der Waals surface area contributed by atoms with E-state index in [1.807, 2.05) is 6.92 Å². The van der Waals surface area contributed by atoms with Crippen LogP contribution < -0.4 is 11.1 Å². The van der Waals surface area contributed by atoms with Crippen LogP contribution >= 0.6 is 0 Å². The standard InChI is InChI=1S/C10H21N3O/c1-3-12-10(14)7-13-5-4-8(2)9(11)6-13/h8-9H,3-7,11H2,1-2H3,(H,12,14). The Bertz CT molecular complexity index is 196. The topological polar surface area (TPSA) is 58.4 Å². The zero-order valence-electron chi connectivity index (χ0n) is 9.12. The van der Waals surface area contributed by atoms with Gasteiger partial charge in [0, 0.05) is 19.1 Å². The second kappa shape index (κ2) is 5.32. The van der Waals surface area contributed by atoms with Crippen molar-refractivity contribution in [3.63, 3.8) is 0 Å². The van der Waals surface area contributed by atoms with Crippen molar-refractivity contribution in [2.45, 2.75) is 26.3 Å². The normalized spacial score (nSPS) is 28.8. The maximum absolute atomic E-state index is 11.3. The predicted molar refractivity (Wildman–Crippen MR) is 56.9 cm³/mol. The van der Waals surface area contributed by atoms with E-state index in [2.05, 4.69) is 17.1 Å². The average Bonchev–Trinajstić information content (AvgIpc) is 2.12. The molecule has 82 valence electrons. The number of nitrogens with two attached hydrogens (primary N) is 1. The van der Waals surface area contributed by atoms with Gasteiger partial charge in [0.25, 0.3) is 0 Å². The zero-order valence-corrected chi connectivity index (χ0v) is 9.12. The van der Waals surface area contributed by atoms with Crippen LogP contribution in [0.15, 0.2) is 0 Å². The third-order valence-electron chi connectivity index (χ3n) is 2.84. The number of likely N-dealkylation sites (N-methyl/N-ethyl adjacent to an activating group) is 1. The van der Waals surface area contributed by atoms with Gasteiger partial charge in [-0.05, 0) is 25.8 Å². The Kier molecular flexibility index (Phi) is 4.35. The number of nitrogens with zero attached hydrogens (tertiary/aromatic N) is 1. The van der Waals surface area contributed by atoms with Crippen LogP contribution in [-0.4, -0.2) is 43.0 Å². The highest BCUT2D eigenvalue weighted by molar-refractivity contribution is 5.77. The molecule has 0 aromatic carbocycles. The molecule has 1 aliphatic rings. The Morgan fingerprint density at radius 2 is 2.36 bits per heavy atom. The Hall–Kier alpha value is -0.610. The summed E-state index contributed by atoms with van der Waals surface area (Å²) in [6, 6.07) is 0.221. The lowest BCUT2D eigenvalue weighted by Crippen LogP contribution is -2.50. The molecule has 0 bridgehead atoms. The van der Waals surface area contributed by atoms with E-state index in [4.69, 9.17) is 5.73 Å². The average molecular weight is 199 g/mol. The summed E-state index contributed by atoms with van der Waals surface area (Å²) in [6.07, 6.45) is 1.10. The second-order valence-electron chi connectivity index (χ2n) is 4.12. The summed E-state index contributed by atoms with van der Waals surface area (Å²) in [4.78, 5) is 13.4. The fraction of sp³-hybridized carbons (Fsp3) is 0.900. The van der Waals surface area contributed by atoms with Crippen molar-refractivity contribution >= 4 is 5.91 Å². The van der Waals surface area contributed by atoms with E-state index >= 15 is 0 Å². The summed E-state index contributed by atoms with van der Waals surface area (Å²) in [5.41, 5.74) is 5.94. The minimum Gasteiger partial charge on any atom is -0.355 e. The molecule has 3 N–H and O–H groups in total. The van der Waals surface area contributed by atoms with E-state index < -0.39 is 0 Å². The SMILES string of the molecule is CCNC(=O)CN1CCC(C)C(N)C1.